The molecule has 0 saturated heterocycles. The van der Waals surface area contributed by atoms with Crippen LogP contribution < -0.4 is 0 Å². The summed E-state index contributed by atoms with van der Waals surface area (Å²) in [5.41, 5.74) is 0.913. The molecule has 0 aromatic heterocycles. The van der Waals surface area contributed by atoms with Gasteiger partial charge in [-0.15, -0.1) is 0 Å². The van der Waals surface area contributed by atoms with E-state index in [9.17, 15) is 9.59 Å². The summed E-state index contributed by atoms with van der Waals surface area (Å²) in [6.07, 6.45) is 3.56. The zero-order chi connectivity index (χ0) is 11.8. The molecular weight excluding hydrogens is 200 g/mol. The summed E-state index contributed by atoms with van der Waals surface area (Å²) in [4.78, 5) is 23.0. The smallest absolute Gasteiger partial charge is 0.202 e. The Hall–Kier alpha value is -1.44. The van der Waals surface area contributed by atoms with Crippen LogP contribution in [0.25, 0.3) is 0 Å². The maximum absolute atomic E-state index is 11.6. The molecule has 1 aromatic carbocycles. The highest BCUT2D eigenvalue weighted by atomic mass is 16.2. The van der Waals surface area contributed by atoms with Crippen molar-refractivity contribution in [3.63, 3.8) is 0 Å². The molecule has 86 valence electrons. The number of rotatable bonds is 7. The second-order valence-electron chi connectivity index (χ2n) is 3.97. The van der Waals surface area contributed by atoms with Crippen molar-refractivity contribution >= 4 is 11.6 Å². The fourth-order valence-electron chi connectivity index (χ4n) is 1.55. The van der Waals surface area contributed by atoms with Gasteiger partial charge in [-0.05, 0) is 12.0 Å². The number of ketones is 2. The van der Waals surface area contributed by atoms with Gasteiger partial charge in [0.25, 0.3) is 0 Å². The van der Waals surface area contributed by atoms with E-state index in [4.69, 9.17) is 0 Å². The zero-order valence-electron chi connectivity index (χ0n) is 9.74. The van der Waals surface area contributed by atoms with Gasteiger partial charge < -0.3 is 0 Å². The van der Waals surface area contributed by atoms with Crippen LogP contribution in [0.15, 0.2) is 30.3 Å². The van der Waals surface area contributed by atoms with Gasteiger partial charge in [-0.25, -0.2) is 0 Å². The molecule has 0 heterocycles. The maximum Gasteiger partial charge on any atom is 0.202 e. The molecule has 0 bridgehead atoms. The van der Waals surface area contributed by atoms with Crippen molar-refractivity contribution in [2.45, 2.75) is 39.0 Å². The van der Waals surface area contributed by atoms with Gasteiger partial charge >= 0.3 is 0 Å². The fraction of sp³-hybridized carbons (Fsp3) is 0.429. The predicted molar refractivity (Wildman–Crippen MR) is 64.3 cm³/mol. The molecule has 0 aliphatic carbocycles. The molecular formula is C14H18O2. The summed E-state index contributed by atoms with van der Waals surface area (Å²) in [6, 6.07) is 9.40. The quantitative estimate of drug-likeness (QED) is 0.521. The molecule has 2 heteroatoms. The number of Topliss-reactive ketones (excluding diaryl/α,β-unsaturated/α-hetero) is 2. The van der Waals surface area contributed by atoms with Crippen molar-refractivity contribution in [1.29, 1.82) is 0 Å². The molecule has 0 spiro atoms. The van der Waals surface area contributed by atoms with E-state index in [1.807, 2.05) is 30.3 Å². The van der Waals surface area contributed by atoms with E-state index >= 15 is 0 Å². The van der Waals surface area contributed by atoms with Crippen molar-refractivity contribution < 1.29 is 9.59 Å². The molecule has 1 aromatic rings. The summed E-state index contributed by atoms with van der Waals surface area (Å²) < 4.78 is 0. The predicted octanol–water partition coefficient (Wildman–Crippen LogP) is 2.95. The van der Waals surface area contributed by atoms with Crippen molar-refractivity contribution in [3.8, 4) is 0 Å². The van der Waals surface area contributed by atoms with Crippen LogP contribution in [0.4, 0.5) is 0 Å². The zero-order valence-corrected chi connectivity index (χ0v) is 9.74. The summed E-state index contributed by atoms with van der Waals surface area (Å²) in [6.45, 7) is 2.08. The molecule has 1 rings (SSSR count). The Morgan fingerprint density at radius 1 is 1.00 bits per heavy atom. The monoisotopic (exact) mass is 218 g/mol. The minimum atomic E-state index is -0.262. The van der Waals surface area contributed by atoms with Gasteiger partial charge in [0.05, 0.1) is 0 Å². The number of unbranched alkanes of at least 4 members (excludes halogenated alkanes) is 2. The minimum Gasteiger partial charge on any atom is -0.291 e. The van der Waals surface area contributed by atoms with Gasteiger partial charge in [0.1, 0.15) is 0 Å². The van der Waals surface area contributed by atoms with Crippen LogP contribution in [0.1, 0.15) is 38.2 Å². The summed E-state index contributed by atoms with van der Waals surface area (Å²) >= 11 is 0. The molecule has 0 saturated carbocycles. The topological polar surface area (TPSA) is 34.1 Å². The van der Waals surface area contributed by atoms with Crippen LogP contribution in [0.3, 0.4) is 0 Å². The Morgan fingerprint density at radius 2 is 1.69 bits per heavy atom. The Kier molecular flexibility index (Phi) is 5.48. The number of carbonyl (C=O) groups is 2. The third-order valence-corrected chi connectivity index (χ3v) is 2.53. The van der Waals surface area contributed by atoms with E-state index in [1.165, 1.54) is 0 Å². The summed E-state index contributed by atoms with van der Waals surface area (Å²) in [5.74, 6) is -0.486. The van der Waals surface area contributed by atoms with E-state index < -0.39 is 0 Å². The molecule has 0 amide bonds. The maximum atomic E-state index is 11.6. The lowest BCUT2D eigenvalue weighted by molar-refractivity contribution is -0.136. The molecule has 0 aliphatic rings. The number of carbonyl (C=O) groups excluding carboxylic acids is 2. The largest absolute Gasteiger partial charge is 0.291 e. The van der Waals surface area contributed by atoms with Crippen molar-refractivity contribution in [3.05, 3.63) is 35.9 Å². The third-order valence-electron chi connectivity index (χ3n) is 2.53. The first-order chi connectivity index (χ1) is 7.74. The molecule has 2 nitrogen and oxygen atoms in total. The minimum absolute atomic E-state index is 0.225. The molecule has 0 aliphatic heterocycles. The highest BCUT2D eigenvalue weighted by Crippen LogP contribution is 2.04. The van der Waals surface area contributed by atoms with Gasteiger partial charge in [0.15, 0.2) is 5.78 Å². The van der Waals surface area contributed by atoms with Gasteiger partial charge in [-0.1, -0.05) is 50.1 Å². The standard InChI is InChI=1S/C14H18O2/c1-2-3-5-10-13(15)14(16)11-12-8-6-4-7-9-12/h4,6-9H,2-3,5,10-11H2,1H3. The molecule has 0 radical (unpaired) electrons. The Bertz CT molecular complexity index is 341. The Labute approximate surface area is 96.7 Å². The molecule has 0 unspecified atom stereocenters. The van der Waals surface area contributed by atoms with E-state index in [0.717, 1.165) is 24.8 Å². The van der Waals surface area contributed by atoms with Crippen molar-refractivity contribution in [1.82, 2.24) is 0 Å². The first kappa shape index (κ1) is 12.6. The third kappa shape index (κ3) is 4.39. The first-order valence-corrected chi connectivity index (χ1v) is 5.84. The highest BCUT2D eigenvalue weighted by Gasteiger charge is 2.13. The van der Waals surface area contributed by atoms with E-state index in [-0.39, 0.29) is 18.0 Å². The molecule has 0 N–H and O–H groups in total. The van der Waals surface area contributed by atoms with E-state index in [2.05, 4.69) is 6.92 Å². The fourth-order valence-corrected chi connectivity index (χ4v) is 1.55. The summed E-state index contributed by atoms with van der Waals surface area (Å²) in [5, 5.41) is 0. The lowest BCUT2D eigenvalue weighted by Gasteiger charge is -2.00. The van der Waals surface area contributed by atoms with Crippen LogP contribution in [-0.2, 0) is 16.0 Å². The molecule has 0 atom stereocenters. The Balaban J connectivity index is 2.38. The molecule has 16 heavy (non-hydrogen) atoms. The van der Waals surface area contributed by atoms with Crippen molar-refractivity contribution in [2.24, 2.45) is 0 Å². The van der Waals surface area contributed by atoms with E-state index in [0.29, 0.717) is 6.42 Å². The van der Waals surface area contributed by atoms with Crippen LogP contribution in [0, 0.1) is 0 Å². The van der Waals surface area contributed by atoms with Gasteiger partial charge in [0, 0.05) is 12.8 Å². The normalized spacial score (nSPS) is 10.1. The average molecular weight is 218 g/mol. The van der Waals surface area contributed by atoms with Gasteiger partial charge in [0.2, 0.25) is 5.78 Å². The van der Waals surface area contributed by atoms with Crippen LogP contribution in [0.2, 0.25) is 0 Å². The number of benzene rings is 1. The molecule has 0 fully saturated rings. The second kappa shape index (κ2) is 6.94. The Morgan fingerprint density at radius 3 is 2.31 bits per heavy atom. The highest BCUT2D eigenvalue weighted by molar-refractivity contribution is 6.37. The SMILES string of the molecule is CCCCCC(=O)C(=O)Cc1ccccc1. The van der Waals surface area contributed by atoms with Gasteiger partial charge in [-0.2, -0.15) is 0 Å². The van der Waals surface area contributed by atoms with Crippen LogP contribution in [-0.4, -0.2) is 11.6 Å². The van der Waals surface area contributed by atoms with Crippen molar-refractivity contribution in [2.75, 3.05) is 0 Å². The van der Waals surface area contributed by atoms with Crippen LogP contribution in [0.5, 0.6) is 0 Å². The summed E-state index contributed by atoms with van der Waals surface area (Å²) in [7, 11) is 0. The lowest BCUT2D eigenvalue weighted by Crippen LogP contribution is -2.16. The first-order valence-electron chi connectivity index (χ1n) is 5.84. The lowest BCUT2D eigenvalue weighted by atomic mass is 10.0. The number of hydrogen-bond acceptors (Lipinski definition) is 2. The second-order valence-corrected chi connectivity index (χ2v) is 3.97. The number of hydrogen-bond donors (Lipinski definition) is 0. The van der Waals surface area contributed by atoms with Crippen LogP contribution >= 0.6 is 0 Å². The van der Waals surface area contributed by atoms with E-state index in [1.54, 1.807) is 0 Å². The van der Waals surface area contributed by atoms with Gasteiger partial charge in [-0.3, -0.25) is 9.59 Å². The average Bonchev–Trinajstić information content (AvgIpc) is 2.30.